The van der Waals surface area contributed by atoms with Gasteiger partial charge in [-0.15, -0.1) is 0 Å². The van der Waals surface area contributed by atoms with E-state index in [1.165, 1.54) is 6.20 Å². The van der Waals surface area contributed by atoms with Crippen molar-refractivity contribution in [2.75, 3.05) is 11.4 Å². The highest BCUT2D eigenvalue weighted by atomic mass is 19.4. The molecule has 10 heteroatoms. The zero-order valence-electron chi connectivity index (χ0n) is 18.3. The molecule has 0 spiro atoms. The Bertz CT molecular complexity index is 1150. The summed E-state index contributed by atoms with van der Waals surface area (Å²) in [6.45, 7) is 0.915. The van der Waals surface area contributed by atoms with Gasteiger partial charge >= 0.3 is 6.18 Å². The van der Waals surface area contributed by atoms with Crippen molar-refractivity contribution < 1.29 is 22.8 Å². The van der Waals surface area contributed by atoms with Crippen LogP contribution in [0.3, 0.4) is 0 Å². The monoisotopic (exact) mass is 471 g/mol. The van der Waals surface area contributed by atoms with Crippen LogP contribution in [-0.4, -0.2) is 45.4 Å². The number of hydrogen-bond donors (Lipinski definition) is 2. The van der Waals surface area contributed by atoms with Gasteiger partial charge < -0.3 is 15.2 Å². The van der Waals surface area contributed by atoms with Crippen molar-refractivity contribution in [1.29, 1.82) is 0 Å². The highest BCUT2D eigenvalue weighted by molar-refractivity contribution is 5.93. The molecule has 4 rings (SSSR count). The lowest BCUT2D eigenvalue weighted by atomic mass is 10.1. The molecule has 34 heavy (non-hydrogen) atoms. The Morgan fingerprint density at radius 2 is 1.97 bits per heavy atom. The first-order valence-electron chi connectivity index (χ1n) is 11.0. The van der Waals surface area contributed by atoms with Gasteiger partial charge in [0.15, 0.2) is 11.6 Å². The van der Waals surface area contributed by atoms with Crippen LogP contribution in [-0.2, 0) is 11.3 Å². The average molecular weight is 471 g/mol. The van der Waals surface area contributed by atoms with Crippen LogP contribution in [0.1, 0.15) is 41.7 Å². The molecular weight excluding hydrogens is 447 g/mol. The van der Waals surface area contributed by atoms with Crippen molar-refractivity contribution in [1.82, 2.24) is 20.3 Å². The minimum Gasteiger partial charge on any atom is -0.356 e. The molecule has 1 atom stereocenters. The summed E-state index contributed by atoms with van der Waals surface area (Å²) in [5.74, 6) is 0.114. The average Bonchev–Trinajstić information content (AvgIpc) is 3.52. The van der Waals surface area contributed by atoms with Gasteiger partial charge in [-0.25, -0.2) is 9.97 Å². The molecule has 178 valence electrons. The van der Waals surface area contributed by atoms with Crippen LogP contribution in [0.5, 0.6) is 0 Å². The number of anilines is 1. The molecule has 3 heterocycles. The van der Waals surface area contributed by atoms with E-state index in [4.69, 9.17) is 0 Å². The number of halogens is 3. The van der Waals surface area contributed by atoms with Gasteiger partial charge in [0.25, 0.3) is 5.91 Å². The topological polar surface area (TPSA) is 91.0 Å². The Balaban J connectivity index is 1.44. The molecule has 2 N–H and O–H groups in total. The third-order valence-electron chi connectivity index (χ3n) is 5.70. The number of benzene rings is 1. The van der Waals surface area contributed by atoms with E-state index >= 15 is 0 Å². The van der Waals surface area contributed by atoms with Gasteiger partial charge in [-0.05, 0) is 30.5 Å². The fourth-order valence-corrected chi connectivity index (χ4v) is 3.98. The van der Waals surface area contributed by atoms with Gasteiger partial charge in [0.1, 0.15) is 11.5 Å². The van der Waals surface area contributed by atoms with Crippen LogP contribution in [0.2, 0.25) is 0 Å². The van der Waals surface area contributed by atoms with Gasteiger partial charge in [-0.1, -0.05) is 30.3 Å². The van der Waals surface area contributed by atoms with E-state index in [1.807, 2.05) is 30.3 Å². The van der Waals surface area contributed by atoms with Crippen molar-refractivity contribution in [2.24, 2.45) is 0 Å². The second-order valence-corrected chi connectivity index (χ2v) is 8.14. The van der Waals surface area contributed by atoms with Crippen LogP contribution < -0.4 is 10.2 Å². The van der Waals surface area contributed by atoms with Gasteiger partial charge in [0.2, 0.25) is 0 Å². The number of nitrogens with zero attached hydrogens (tertiary/aromatic N) is 3. The third-order valence-corrected chi connectivity index (χ3v) is 5.70. The van der Waals surface area contributed by atoms with Crippen molar-refractivity contribution in [3.05, 3.63) is 66.1 Å². The Hall–Kier alpha value is -3.69. The summed E-state index contributed by atoms with van der Waals surface area (Å²) in [7, 11) is 0. The van der Waals surface area contributed by atoms with Gasteiger partial charge in [-0.2, -0.15) is 13.2 Å². The second-order valence-electron chi connectivity index (χ2n) is 8.14. The summed E-state index contributed by atoms with van der Waals surface area (Å²) in [5, 5.41) is 2.84. The number of Topliss-reactive ketones (excluding diaryl/α,β-unsaturated/α-hetero) is 1. The lowest BCUT2D eigenvalue weighted by molar-refractivity contribution is -0.143. The fraction of sp³-hybridized carbons (Fsp3) is 0.333. The standard InChI is InChI=1S/C24H24F3N5O2/c25-24(26,27)10-8-20(33)19-7-4-12-32(19)21-9-11-28-22(31-21)17-13-18(29-15-17)23(34)30-14-16-5-2-1-3-6-16/h1-3,5-6,9,11,13,15,19,29H,4,7-8,10,12,14H2,(H,30,34)/t19-/m1/s1. The predicted molar refractivity (Wildman–Crippen MR) is 120 cm³/mol. The number of carbonyl (C=O) groups excluding carboxylic acids is 2. The Morgan fingerprint density at radius 3 is 2.74 bits per heavy atom. The van der Waals surface area contributed by atoms with E-state index < -0.39 is 30.8 Å². The Morgan fingerprint density at radius 1 is 1.18 bits per heavy atom. The number of amides is 1. The fourth-order valence-electron chi connectivity index (χ4n) is 3.98. The maximum absolute atomic E-state index is 12.5. The van der Waals surface area contributed by atoms with Crippen LogP contribution >= 0.6 is 0 Å². The molecule has 0 saturated carbocycles. The first-order chi connectivity index (χ1) is 16.3. The van der Waals surface area contributed by atoms with Gasteiger partial charge in [0, 0.05) is 37.5 Å². The van der Waals surface area contributed by atoms with E-state index in [1.54, 1.807) is 23.2 Å². The Labute approximate surface area is 194 Å². The predicted octanol–water partition coefficient (Wildman–Crippen LogP) is 4.28. The molecule has 3 aromatic rings. The molecule has 7 nitrogen and oxygen atoms in total. The molecule has 0 unspecified atom stereocenters. The van der Waals surface area contributed by atoms with E-state index in [0.717, 1.165) is 5.56 Å². The SMILES string of the molecule is O=C(NCc1ccccc1)c1cc(-c2nccc(N3CCC[C@@H]3C(=O)CCC(F)(F)F)n2)c[nH]1. The van der Waals surface area contributed by atoms with Crippen molar-refractivity contribution >= 4 is 17.5 Å². The maximum atomic E-state index is 12.5. The van der Waals surface area contributed by atoms with E-state index in [2.05, 4.69) is 20.3 Å². The molecule has 0 aliphatic carbocycles. The number of aromatic amines is 1. The minimum absolute atomic E-state index is 0.277. The molecule has 1 saturated heterocycles. The summed E-state index contributed by atoms with van der Waals surface area (Å²) < 4.78 is 37.6. The molecule has 1 aliphatic heterocycles. The van der Waals surface area contributed by atoms with Gasteiger partial charge in [0.05, 0.1) is 12.5 Å². The molecule has 1 amide bonds. The molecule has 1 aliphatic rings. The number of H-pyrrole nitrogens is 1. The highest BCUT2D eigenvalue weighted by Crippen LogP contribution is 2.29. The number of rotatable bonds is 8. The zero-order chi connectivity index (χ0) is 24.1. The largest absolute Gasteiger partial charge is 0.389 e. The number of aromatic nitrogens is 3. The van der Waals surface area contributed by atoms with Crippen LogP contribution in [0.25, 0.3) is 11.4 Å². The number of carbonyl (C=O) groups is 2. The number of nitrogens with one attached hydrogen (secondary N) is 2. The summed E-state index contributed by atoms with van der Waals surface area (Å²) >= 11 is 0. The van der Waals surface area contributed by atoms with E-state index in [0.29, 0.717) is 48.8 Å². The first-order valence-corrected chi connectivity index (χ1v) is 11.0. The van der Waals surface area contributed by atoms with Crippen molar-refractivity contribution in [3.63, 3.8) is 0 Å². The van der Waals surface area contributed by atoms with E-state index in [-0.39, 0.29) is 5.91 Å². The lowest BCUT2D eigenvalue weighted by Gasteiger charge is -2.25. The van der Waals surface area contributed by atoms with Crippen molar-refractivity contribution in [2.45, 2.75) is 44.4 Å². The second kappa shape index (κ2) is 10.1. The van der Waals surface area contributed by atoms with Gasteiger partial charge in [-0.3, -0.25) is 9.59 Å². The quantitative estimate of drug-likeness (QED) is 0.512. The number of ketones is 1. The zero-order valence-corrected chi connectivity index (χ0v) is 18.3. The molecule has 0 bridgehead atoms. The number of hydrogen-bond acceptors (Lipinski definition) is 5. The molecule has 0 radical (unpaired) electrons. The molecular formula is C24H24F3N5O2. The number of alkyl halides is 3. The van der Waals surface area contributed by atoms with Crippen LogP contribution in [0.15, 0.2) is 54.9 Å². The normalized spacial score (nSPS) is 16.0. The minimum atomic E-state index is -4.36. The summed E-state index contributed by atoms with van der Waals surface area (Å²) in [6.07, 6.45) is -1.68. The van der Waals surface area contributed by atoms with Crippen LogP contribution in [0.4, 0.5) is 19.0 Å². The Kier molecular flexibility index (Phi) is 6.95. The third kappa shape index (κ3) is 5.81. The lowest BCUT2D eigenvalue weighted by Crippen LogP contribution is -2.37. The van der Waals surface area contributed by atoms with Crippen molar-refractivity contribution in [3.8, 4) is 11.4 Å². The summed E-state index contributed by atoms with van der Waals surface area (Å²) in [5.41, 5.74) is 1.91. The molecule has 1 aromatic carbocycles. The molecule has 2 aromatic heterocycles. The highest BCUT2D eigenvalue weighted by Gasteiger charge is 2.35. The first kappa shape index (κ1) is 23.5. The smallest absolute Gasteiger partial charge is 0.356 e. The maximum Gasteiger partial charge on any atom is 0.389 e. The summed E-state index contributed by atoms with van der Waals surface area (Å²) in [4.78, 5) is 38.4. The van der Waals surface area contributed by atoms with E-state index in [9.17, 15) is 22.8 Å². The summed E-state index contributed by atoms with van der Waals surface area (Å²) in [6, 6.07) is 12.2. The van der Waals surface area contributed by atoms with Crippen LogP contribution in [0, 0.1) is 0 Å². The molecule has 1 fully saturated rings.